The van der Waals surface area contributed by atoms with E-state index in [0.29, 0.717) is 13.1 Å². The first-order valence-electron chi connectivity index (χ1n) is 11.3. The minimum Gasteiger partial charge on any atom is -0.475 e. The number of imidazole rings is 1. The summed E-state index contributed by atoms with van der Waals surface area (Å²) in [6, 6.07) is 18.2. The number of pyridine rings is 1. The SMILES string of the molecule is CCn1c(CCN2Cc3cccc(-c4ccncc4)c3C2=O)nc2ccccc21.O=C(O)C(F)(F)F. The third-order valence-corrected chi connectivity index (χ3v) is 5.90. The summed E-state index contributed by atoms with van der Waals surface area (Å²) in [5, 5.41) is 7.12. The molecule has 4 aromatic rings. The fourth-order valence-corrected chi connectivity index (χ4v) is 4.28. The van der Waals surface area contributed by atoms with Crippen LogP contribution in [0.3, 0.4) is 0 Å². The third-order valence-electron chi connectivity index (χ3n) is 5.90. The van der Waals surface area contributed by atoms with Crippen LogP contribution in [0.5, 0.6) is 0 Å². The van der Waals surface area contributed by atoms with Crippen molar-refractivity contribution in [2.45, 2.75) is 32.6 Å². The molecule has 10 heteroatoms. The quantitative estimate of drug-likeness (QED) is 0.422. The number of carbonyl (C=O) groups is 2. The van der Waals surface area contributed by atoms with Crippen LogP contribution in [-0.2, 0) is 24.3 Å². The molecule has 2 aromatic heterocycles. The van der Waals surface area contributed by atoms with Gasteiger partial charge in [0.05, 0.1) is 16.6 Å². The van der Waals surface area contributed by atoms with E-state index in [0.717, 1.165) is 52.1 Å². The minimum absolute atomic E-state index is 0.103. The highest BCUT2D eigenvalue weighted by Gasteiger charge is 2.38. The lowest BCUT2D eigenvalue weighted by molar-refractivity contribution is -0.192. The molecule has 7 nitrogen and oxygen atoms in total. The number of benzene rings is 2. The van der Waals surface area contributed by atoms with Crippen LogP contribution >= 0.6 is 0 Å². The first-order valence-corrected chi connectivity index (χ1v) is 11.3. The molecule has 1 aliphatic rings. The van der Waals surface area contributed by atoms with Gasteiger partial charge in [-0.3, -0.25) is 9.78 Å². The van der Waals surface area contributed by atoms with Crippen LogP contribution in [-0.4, -0.2) is 49.1 Å². The van der Waals surface area contributed by atoms with Crippen molar-refractivity contribution in [3.05, 3.63) is 83.9 Å². The maximum Gasteiger partial charge on any atom is 0.490 e. The number of halogens is 3. The standard InChI is InChI=1S/C24H22N4O.C2HF3O2/c1-2-28-21-9-4-3-8-20(21)26-22(28)12-15-27-16-18-6-5-7-19(23(18)24(27)29)17-10-13-25-14-11-17;3-2(4,5)1(6)7/h3-11,13-14H,2,12,15-16H2,1H3;(H,6,7). The van der Waals surface area contributed by atoms with Crippen LogP contribution in [0, 0.1) is 0 Å². The van der Waals surface area contributed by atoms with E-state index < -0.39 is 12.1 Å². The number of carboxylic acids is 1. The highest BCUT2D eigenvalue weighted by molar-refractivity contribution is 6.04. The molecule has 1 aliphatic heterocycles. The normalized spacial score (nSPS) is 12.9. The van der Waals surface area contributed by atoms with Gasteiger partial charge in [-0.2, -0.15) is 13.2 Å². The molecule has 186 valence electrons. The van der Waals surface area contributed by atoms with E-state index in [9.17, 15) is 18.0 Å². The minimum atomic E-state index is -5.08. The molecule has 1 amide bonds. The van der Waals surface area contributed by atoms with Gasteiger partial charge in [0, 0.05) is 38.4 Å². The molecule has 0 fully saturated rings. The summed E-state index contributed by atoms with van der Waals surface area (Å²) < 4.78 is 34.0. The van der Waals surface area contributed by atoms with Crippen LogP contribution in [0.1, 0.15) is 28.7 Å². The summed E-state index contributed by atoms with van der Waals surface area (Å²) in [5.74, 6) is -1.62. The smallest absolute Gasteiger partial charge is 0.475 e. The number of rotatable bonds is 5. The molecule has 2 aromatic carbocycles. The van der Waals surface area contributed by atoms with Crippen LogP contribution in [0.15, 0.2) is 67.0 Å². The van der Waals surface area contributed by atoms with Crippen LogP contribution in [0.25, 0.3) is 22.2 Å². The van der Waals surface area contributed by atoms with Crippen molar-refractivity contribution in [3.63, 3.8) is 0 Å². The molecule has 0 bridgehead atoms. The number of nitrogens with zero attached hydrogens (tertiary/aromatic N) is 4. The van der Waals surface area contributed by atoms with Gasteiger partial charge in [0.2, 0.25) is 0 Å². The van der Waals surface area contributed by atoms with Crippen molar-refractivity contribution in [2.24, 2.45) is 0 Å². The highest BCUT2D eigenvalue weighted by Crippen LogP contribution is 2.32. The Balaban J connectivity index is 0.000000384. The molecule has 1 N–H and O–H groups in total. The van der Waals surface area contributed by atoms with Gasteiger partial charge in [-0.05, 0) is 47.9 Å². The van der Waals surface area contributed by atoms with Crippen molar-refractivity contribution >= 4 is 22.9 Å². The van der Waals surface area contributed by atoms with E-state index in [-0.39, 0.29) is 5.91 Å². The second-order valence-corrected chi connectivity index (χ2v) is 8.12. The van der Waals surface area contributed by atoms with Gasteiger partial charge in [-0.15, -0.1) is 0 Å². The van der Waals surface area contributed by atoms with Crippen molar-refractivity contribution in [3.8, 4) is 11.1 Å². The number of hydrogen-bond acceptors (Lipinski definition) is 4. The molecular formula is C26H23F3N4O3. The Morgan fingerprint density at radius 3 is 2.42 bits per heavy atom. The number of carboxylic acid groups (broad SMARTS) is 1. The molecule has 3 heterocycles. The molecule has 5 rings (SSSR count). The molecule has 0 saturated carbocycles. The fourth-order valence-electron chi connectivity index (χ4n) is 4.28. The van der Waals surface area contributed by atoms with Gasteiger partial charge in [0.15, 0.2) is 0 Å². The predicted octanol–water partition coefficient (Wildman–Crippen LogP) is 4.95. The van der Waals surface area contributed by atoms with Crippen LogP contribution in [0.4, 0.5) is 13.2 Å². The zero-order chi connectivity index (χ0) is 25.9. The molecular weight excluding hydrogens is 473 g/mol. The lowest BCUT2D eigenvalue weighted by atomic mass is 9.97. The molecule has 0 unspecified atom stereocenters. The van der Waals surface area contributed by atoms with Gasteiger partial charge >= 0.3 is 12.1 Å². The van der Waals surface area contributed by atoms with E-state index in [1.54, 1.807) is 12.4 Å². The Morgan fingerprint density at radius 2 is 1.75 bits per heavy atom. The first-order chi connectivity index (χ1) is 17.2. The summed E-state index contributed by atoms with van der Waals surface area (Å²) in [7, 11) is 0. The fraction of sp³-hybridized carbons (Fsp3) is 0.231. The average Bonchev–Trinajstić information content (AvgIpc) is 3.39. The van der Waals surface area contributed by atoms with Crippen LogP contribution < -0.4 is 0 Å². The Kier molecular flexibility index (Phi) is 7.05. The molecule has 0 radical (unpaired) electrons. The number of carbonyl (C=O) groups excluding carboxylic acids is 1. The Hall–Kier alpha value is -4.21. The van der Waals surface area contributed by atoms with Crippen LogP contribution in [0.2, 0.25) is 0 Å². The number of aromatic nitrogens is 3. The van der Waals surface area contributed by atoms with Gasteiger partial charge in [-0.1, -0.05) is 30.3 Å². The Labute approximate surface area is 204 Å². The topological polar surface area (TPSA) is 88.3 Å². The van der Waals surface area contributed by atoms with Crippen molar-refractivity contribution in [1.29, 1.82) is 0 Å². The average molecular weight is 496 g/mol. The Morgan fingerprint density at radius 1 is 1.06 bits per heavy atom. The largest absolute Gasteiger partial charge is 0.490 e. The second kappa shape index (κ2) is 10.2. The van der Waals surface area contributed by atoms with Crippen molar-refractivity contribution < 1.29 is 27.9 Å². The zero-order valence-corrected chi connectivity index (χ0v) is 19.4. The summed E-state index contributed by atoms with van der Waals surface area (Å²) in [6.07, 6.45) is -0.810. The number of aryl methyl sites for hydroxylation is 1. The summed E-state index contributed by atoms with van der Waals surface area (Å²) in [4.78, 5) is 32.9. The summed E-state index contributed by atoms with van der Waals surface area (Å²) in [6.45, 7) is 4.32. The first kappa shape index (κ1) is 24.9. The van der Waals surface area contributed by atoms with Gasteiger partial charge < -0.3 is 14.6 Å². The maximum absolute atomic E-state index is 13.2. The van der Waals surface area contributed by atoms with E-state index in [4.69, 9.17) is 14.9 Å². The number of alkyl halides is 3. The monoisotopic (exact) mass is 496 g/mol. The number of fused-ring (bicyclic) bond motifs is 2. The predicted molar refractivity (Wildman–Crippen MR) is 127 cm³/mol. The zero-order valence-electron chi connectivity index (χ0n) is 19.4. The van der Waals surface area contributed by atoms with Crippen molar-refractivity contribution in [1.82, 2.24) is 19.4 Å². The molecule has 0 saturated heterocycles. The van der Waals surface area contributed by atoms with E-state index in [2.05, 4.69) is 28.6 Å². The Bertz CT molecular complexity index is 1400. The number of para-hydroxylation sites is 2. The van der Waals surface area contributed by atoms with E-state index >= 15 is 0 Å². The maximum atomic E-state index is 13.2. The van der Waals surface area contributed by atoms with Gasteiger partial charge in [0.25, 0.3) is 5.91 Å². The molecule has 0 atom stereocenters. The number of hydrogen-bond donors (Lipinski definition) is 1. The third kappa shape index (κ3) is 5.07. The van der Waals surface area contributed by atoms with Crippen molar-refractivity contribution in [2.75, 3.05) is 6.54 Å². The lowest BCUT2D eigenvalue weighted by Crippen LogP contribution is -2.27. The van der Waals surface area contributed by atoms with E-state index in [1.165, 1.54) is 0 Å². The van der Waals surface area contributed by atoms with Gasteiger partial charge in [-0.25, -0.2) is 9.78 Å². The number of aliphatic carboxylic acids is 1. The lowest BCUT2D eigenvalue weighted by Gasteiger charge is -2.16. The molecule has 36 heavy (non-hydrogen) atoms. The summed E-state index contributed by atoms with van der Waals surface area (Å²) >= 11 is 0. The van der Waals surface area contributed by atoms with E-state index in [1.807, 2.05) is 47.4 Å². The van der Waals surface area contributed by atoms with Gasteiger partial charge in [0.1, 0.15) is 5.82 Å². The highest BCUT2D eigenvalue weighted by atomic mass is 19.4. The summed E-state index contributed by atoms with van der Waals surface area (Å²) in [5.41, 5.74) is 6.09. The molecule has 0 spiro atoms. The second-order valence-electron chi connectivity index (χ2n) is 8.12. The molecule has 0 aliphatic carbocycles. The number of amides is 1.